The Labute approximate surface area is 263 Å². The summed E-state index contributed by atoms with van der Waals surface area (Å²) in [4.78, 5) is 56.8. The number of piperazine rings is 1. The van der Waals surface area contributed by atoms with Gasteiger partial charge in [-0.25, -0.2) is 9.69 Å². The van der Waals surface area contributed by atoms with Crippen molar-refractivity contribution >= 4 is 57.6 Å². The van der Waals surface area contributed by atoms with Gasteiger partial charge < -0.3 is 19.1 Å². The molecule has 10 nitrogen and oxygen atoms in total. The average molecular weight is 632 g/mol. The highest BCUT2D eigenvalue weighted by Crippen LogP contribution is 2.33. The molecular formula is C32H29N3O7S2. The lowest BCUT2D eigenvalue weighted by molar-refractivity contribution is -0.121. The van der Waals surface area contributed by atoms with Crippen molar-refractivity contribution in [3.63, 3.8) is 0 Å². The first kappa shape index (κ1) is 29.8. The number of ketones is 1. The molecule has 3 aliphatic rings. The van der Waals surface area contributed by atoms with Gasteiger partial charge in [-0.2, -0.15) is 0 Å². The quantitative estimate of drug-likeness (QED) is 0.156. The molecule has 3 aromatic carbocycles. The minimum Gasteiger partial charge on any atom is -0.454 e. The van der Waals surface area contributed by atoms with Crippen molar-refractivity contribution in [1.82, 2.24) is 9.80 Å². The Bertz CT molecular complexity index is 1590. The van der Waals surface area contributed by atoms with Crippen LogP contribution in [0.2, 0.25) is 0 Å². The molecule has 1 atom stereocenters. The van der Waals surface area contributed by atoms with Crippen molar-refractivity contribution in [2.75, 3.05) is 44.5 Å². The predicted octanol–water partition coefficient (Wildman–Crippen LogP) is 3.92. The third-order valence-electron chi connectivity index (χ3n) is 7.62. The fourth-order valence-corrected chi connectivity index (χ4v) is 6.75. The Balaban J connectivity index is 0.988. The number of thioether (sulfide) groups is 1. The number of carbonyl (C=O) groups is 4. The molecule has 2 fully saturated rings. The molecule has 3 heterocycles. The van der Waals surface area contributed by atoms with Crippen LogP contribution in [0.25, 0.3) is 0 Å². The summed E-state index contributed by atoms with van der Waals surface area (Å²) in [5.74, 6) is -0.746. The number of carbonyl (C=O) groups excluding carboxylic acids is 4. The first-order valence-corrected chi connectivity index (χ1v) is 15.4. The van der Waals surface area contributed by atoms with Crippen LogP contribution >= 0.6 is 24.0 Å². The van der Waals surface area contributed by atoms with Crippen molar-refractivity contribution in [2.45, 2.75) is 18.2 Å². The van der Waals surface area contributed by atoms with E-state index in [2.05, 4.69) is 21.9 Å². The number of fused-ring (bicyclic) bond motifs is 1. The van der Waals surface area contributed by atoms with Gasteiger partial charge in [-0.05, 0) is 48.0 Å². The first-order chi connectivity index (χ1) is 21.4. The molecule has 2 saturated heterocycles. The minimum atomic E-state index is -0.702. The highest BCUT2D eigenvalue weighted by atomic mass is 32.2. The number of Topliss-reactive ketones (excluding diaryl/α,β-unsaturated/α-hetero) is 1. The number of hydrogen-bond acceptors (Lipinski definition) is 10. The molecule has 0 aliphatic carbocycles. The maximum Gasteiger partial charge on any atom is 0.338 e. The lowest BCUT2D eigenvalue weighted by atomic mass is 10.1. The zero-order valence-electron chi connectivity index (χ0n) is 23.7. The minimum absolute atomic E-state index is 0.0450. The van der Waals surface area contributed by atoms with Crippen LogP contribution in [0, 0.1) is 0 Å². The van der Waals surface area contributed by atoms with Gasteiger partial charge in [0, 0.05) is 44.7 Å². The molecule has 0 aromatic heterocycles. The van der Waals surface area contributed by atoms with Gasteiger partial charge in [0.05, 0.1) is 11.3 Å². The van der Waals surface area contributed by atoms with Crippen LogP contribution in [-0.4, -0.2) is 82.5 Å². The molecule has 226 valence electrons. The third kappa shape index (κ3) is 6.62. The van der Waals surface area contributed by atoms with Crippen molar-refractivity contribution in [2.24, 2.45) is 0 Å². The maximum atomic E-state index is 13.2. The van der Waals surface area contributed by atoms with E-state index in [9.17, 15) is 19.2 Å². The molecule has 0 spiro atoms. The molecule has 0 radical (unpaired) electrons. The van der Waals surface area contributed by atoms with E-state index in [1.165, 1.54) is 41.6 Å². The molecule has 0 N–H and O–H groups in total. The van der Waals surface area contributed by atoms with E-state index < -0.39 is 23.6 Å². The van der Waals surface area contributed by atoms with Gasteiger partial charge >= 0.3 is 5.97 Å². The van der Waals surface area contributed by atoms with Crippen LogP contribution < -0.4 is 14.4 Å². The zero-order chi connectivity index (χ0) is 30.6. The Morgan fingerprint density at radius 1 is 0.886 bits per heavy atom. The van der Waals surface area contributed by atoms with Gasteiger partial charge in [-0.15, -0.1) is 0 Å². The summed E-state index contributed by atoms with van der Waals surface area (Å²) < 4.78 is 16.3. The van der Waals surface area contributed by atoms with Crippen LogP contribution in [0.1, 0.15) is 32.7 Å². The van der Waals surface area contributed by atoms with Crippen molar-refractivity contribution in [1.29, 1.82) is 0 Å². The zero-order valence-corrected chi connectivity index (χ0v) is 25.3. The van der Waals surface area contributed by atoms with Gasteiger partial charge in [-0.1, -0.05) is 54.3 Å². The van der Waals surface area contributed by atoms with E-state index in [-0.39, 0.29) is 30.6 Å². The van der Waals surface area contributed by atoms with Gasteiger partial charge in [0.1, 0.15) is 9.57 Å². The van der Waals surface area contributed by atoms with E-state index in [1.54, 1.807) is 18.2 Å². The standard InChI is InChI=1S/C32H29N3O7S2/c36-25(23-8-11-26-27(16-23)42-20-41-26)19-40-31(39)22-6-9-24(10-7-22)35-29(37)17-28(30(35)38)44-32(43)34-14-12-33(13-15-34)18-21-4-2-1-3-5-21/h1-11,16,28H,12-15,17-20H2/t28-/m0/s1. The number of esters is 1. The van der Waals surface area contributed by atoms with Crippen LogP contribution in [0.4, 0.5) is 5.69 Å². The fourth-order valence-electron chi connectivity index (χ4n) is 5.21. The number of imide groups is 1. The molecule has 44 heavy (non-hydrogen) atoms. The Morgan fingerprint density at radius 2 is 1.59 bits per heavy atom. The lowest BCUT2D eigenvalue weighted by Crippen LogP contribution is -2.47. The van der Waals surface area contributed by atoms with E-state index >= 15 is 0 Å². The summed E-state index contributed by atoms with van der Waals surface area (Å²) in [5.41, 5.74) is 2.15. The third-order valence-corrected chi connectivity index (χ3v) is 9.28. The Hall–Kier alpha value is -4.26. The van der Waals surface area contributed by atoms with Crippen molar-refractivity contribution in [3.05, 3.63) is 89.5 Å². The van der Waals surface area contributed by atoms with Gasteiger partial charge in [0.25, 0.3) is 0 Å². The molecule has 0 unspecified atom stereocenters. The molecule has 6 rings (SSSR count). The largest absolute Gasteiger partial charge is 0.454 e. The van der Waals surface area contributed by atoms with Crippen molar-refractivity contribution < 1.29 is 33.4 Å². The number of rotatable bonds is 8. The summed E-state index contributed by atoms with van der Waals surface area (Å²) in [6, 6.07) is 21.0. The first-order valence-electron chi connectivity index (χ1n) is 14.1. The van der Waals surface area contributed by atoms with Crippen molar-refractivity contribution in [3.8, 4) is 11.5 Å². The second kappa shape index (κ2) is 13.2. The number of hydrogen-bond donors (Lipinski definition) is 0. The molecule has 0 saturated carbocycles. The average Bonchev–Trinajstić information content (AvgIpc) is 3.63. The normalized spacial score (nSPS) is 18.0. The summed E-state index contributed by atoms with van der Waals surface area (Å²) in [6.07, 6.45) is 0.0450. The smallest absolute Gasteiger partial charge is 0.338 e. The summed E-state index contributed by atoms with van der Waals surface area (Å²) >= 11 is 6.93. The number of benzene rings is 3. The monoisotopic (exact) mass is 631 g/mol. The SMILES string of the molecule is O=C(COC(=O)c1ccc(N2C(=O)C[C@H](SC(=S)N3CCN(Cc4ccccc4)CC3)C2=O)cc1)c1ccc2c(c1)OCO2. The highest BCUT2D eigenvalue weighted by molar-refractivity contribution is 8.23. The number of nitrogens with zero attached hydrogens (tertiary/aromatic N) is 3. The molecule has 0 bridgehead atoms. The predicted molar refractivity (Wildman–Crippen MR) is 168 cm³/mol. The lowest BCUT2D eigenvalue weighted by Gasteiger charge is -2.36. The summed E-state index contributed by atoms with van der Waals surface area (Å²) in [5, 5.41) is -0.607. The second-order valence-electron chi connectivity index (χ2n) is 10.5. The molecular weight excluding hydrogens is 603 g/mol. The van der Waals surface area contributed by atoms with Crippen LogP contribution in [-0.2, 0) is 20.9 Å². The number of ether oxygens (including phenoxy) is 3. The van der Waals surface area contributed by atoms with Gasteiger partial charge in [0.15, 0.2) is 23.9 Å². The van der Waals surface area contributed by atoms with Crippen LogP contribution in [0.3, 0.4) is 0 Å². The second-order valence-corrected chi connectivity index (χ2v) is 12.3. The van der Waals surface area contributed by atoms with Gasteiger partial charge in [-0.3, -0.25) is 19.3 Å². The van der Waals surface area contributed by atoms with Crippen LogP contribution in [0.5, 0.6) is 11.5 Å². The topological polar surface area (TPSA) is 106 Å². The Kier molecular flexibility index (Phi) is 8.91. The number of anilines is 1. The van der Waals surface area contributed by atoms with Crippen LogP contribution in [0.15, 0.2) is 72.8 Å². The Morgan fingerprint density at radius 3 is 2.34 bits per heavy atom. The summed E-state index contributed by atoms with van der Waals surface area (Å²) in [7, 11) is 0. The number of thiocarbonyl (C=S) groups is 1. The number of amides is 2. The fraction of sp³-hybridized carbons (Fsp3) is 0.281. The van der Waals surface area contributed by atoms with E-state index in [1.807, 2.05) is 18.2 Å². The molecule has 12 heteroatoms. The van der Waals surface area contributed by atoms with E-state index in [0.29, 0.717) is 27.1 Å². The van der Waals surface area contributed by atoms with E-state index in [0.717, 1.165) is 37.6 Å². The van der Waals surface area contributed by atoms with Gasteiger partial charge in [0.2, 0.25) is 18.6 Å². The molecule has 2 amide bonds. The van der Waals surface area contributed by atoms with E-state index in [4.69, 9.17) is 26.4 Å². The highest BCUT2D eigenvalue weighted by Gasteiger charge is 2.41. The molecule has 3 aromatic rings. The molecule has 3 aliphatic heterocycles. The summed E-state index contributed by atoms with van der Waals surface area (Å²) in [6.45, 7) is 3.77. The maximum absolute atomic E-state index is 13.2.